The standard InChI is InChI=1S/C20H17FN4O2S/c21-15-7-8-17-18(13-15)28-20(23-17)25(12-11-24-10-4-9-22-24)19(26)14-27-16-5-2-1-3-6-16/h1-10,13H,11-12,14H2. The van der Waals surface area contributed by atoms with Crippen LogP contribution in [0.25, 0.3) is 10.2 Å². The lowest BCUT2D eigenvalue weighted by molar-refractivity contribution is -0.120. The van der Waals surface area contributed by atoms with E-state index in [1.165, 1.54) is 23.5 Å². The van der Waals surface area contributed by atoms with Gasteiger partial charge in [-0.25, -0.2) is 9.37 Å². The molecule has 1 amide bonds. The Balaban J connectivity index is 1.55. The summed E-state index contributed by atoms with van der Waals surface area (Å²) in [6.45, 7) is 0.767. The molecule has 0 aliphatic carbocycles. The lowest BCUT2D eigenvalue weighted by atomic mass is 10.3. The molecule has 0 saturated carbocycles. The number of nitrogens with zero attached hydrogens (tertiary/aromatic N) is 4. The Hall–Kier alpha value is -3.26. The number of rotatable bonds is 7. The van der Waals surface area contributed by atoms with Crippen LogP contribution in [0, 0.1) is 5.82 Å². The molecule has 0 fully saturated rings. The van der Waals surface area contributed by atoms with Gasteiger partial charge in [-0.15, -0.1) is 0 Å². The summed E-state index contributed by atoms with van der Waals surface area (Å²) < 4.78 is 21.6. The van der Waals surface area contributed by atoms with Crippen LogP contribution in [-0.2, 0) is 11.3 Å². The number of para-hydroxylation sites is 1. The summed E-state index contributed by atoms with van der Waals surface area (Å²) in [5, 5.41) is 4.68. The van der Waals surface area contributed by atoms with Crippen molar-refractivity contribution in [3.05, 3.63) is 72.8 Å². The molecule has 0 spiro atoms. The van der Waals surface area contributed by atoms with Crippen LogP contribution in [0.15, 0.2) is 67.0 Å². The fraction of sp³-hybridized carbons (Fsp3) is 0.150. The third kappa shape index (κ3) is 4.17. The van der Waals surface area contributed by atoms with E-state index in [0.29, 0.717) is 34.2 Å². The van der Waals surface area contributed by atoms with Crippen LogP contribution in [-0.4, -0.2) is 33.8 Å². The monoisotopic (exact) mass is 396 g/mol. The zero-order valence-corrected chi connectivity index (χ0v) is 15.7. The largest absolute Gasteiger partial charge is 0.484 e. The number of thiazole rings is 1. The van der Waals surface area contributed by atoms with Crippen LogP contribution < -0.4 is 9.64 Å². The molecule has 4 aromatic rings. The molecule has 6 nitrogen and oxygen atoms in total. The molecule has 4 rings (SSSR count). The van der Waals surface area contributed by atoms with Gasteiger partial charge >= 0.3 is 0 Å². The fourth-order valence-corrected chi connectivity index (χ4v) is 3.74. The highest BCUT2D eigenvalue weighted by Crippen LogP contribution is 2.29. The quantitative estimate of drug-likeness (QED) is 0.477. The molecule has 0 saturated heterocycles. The molecule has 2 aromatic carbocycles. The van der Waals surface area contributed by atoms with Crippen LogP contribution >= 0.6 is 11.3 Å². The maximum absolute atomic E-state index is 13.5. The molecular weight excluding hydrogens is 379 g/mol. The second kappa shape index (κ2) is 8.18. The number of anilines is 1. The zero-order chi connectivity index (χ0) is 19.3. The van der Waals surface area contributed by atoms with E-state index in [4.69, 9.17) is 4.74 Å². The lowest BCUT2D eigenvalue weighted by Crippen LogP contribution is -2.37. The van der Waals surface area contributed by atoms with Crippen molar-refractivity contribution in [2.24, 2.45) is 0 Å². The van der Waals surface area contributed by atoms with E-state index in [1.807, 2.05) is 30.5 Å². The number of carbonyl (C=O) groups is 1. The normalized spacial score (nSPS) is 10.9. The minimum atomic E-state index is -0.329. The van der Waals surface area contributed by atoms with Gasteiger partial charge in [-0.2, -0.15) is 5.10 Å². The summed E-state index contributed by atoms with van der Waals surface area (Å²) in [5.41, 5.74) is 0.655. The minimum absolute atomic E-state index is 0.118. The zero-order valence-electron chi connectivity index (χ0n) is 14.9. The molecule has 142 valence electrons. The molecular formula is C20H17FN4O2S. The average molecular weight is 396 g/mol. The Bertz CT molecular complexity index is 1070. The summed E-state index contributed by atoms with van der Waals surface area (Å²) in [5.74, 6) is 0.0642. The molecule has 0 aliphatic heterocycles. The molecule has 0 N–H and O–H groups in total. The van der Waals surface area contributed by atoms with Gasteiger partial charge in [0, 0.05) is 18.9 Å². The first-order chi connectivity index (χ1) is 13.7. The number of benzene rings is 2. The van der Waals surface area contributed by atoms with E-state index in [0.717, 1.165) is 0 Å². The van der Waals surface area contributed by atoms with Crippen molar-refractivity contribution in [3.63, 3.8) is 0 Å². The van der Waals surface area contributed by atoms with E-state index in [9.17, 15) is 9.18 Å². The van der Waals surface area contributed by atoms with Gasteiger partial charge in [0.2, 0.25) is 0 Å². The van der Waals surface area contributed by atoms with Crippen LogP contribution in [0.1, 0.15) is 0 Å². The van der Waals surface area contributed by atoms with Crippen LogP contribution in [0.2, 0.25) is 0 Å². The van der Waals surface area contributed by atoms with Crippen molar-refractivity contribution >= 4 is 32.6 Å². The van der Waals surface area contributed by atoms with E-state index in [-0.39, 0.29) is 18.3 Å². The lowest BCUT2D eigenvalue weighted by Gasteiger charge is -2.20. The summed E-state index contributed by atoms with van der Waals surface area (Å²) in [6, 6.07) is 15.4. The van der Waals surface area contributed by atoms with Crippen LogP contribution in [0.5, 0.6) is 5.75 Å². The first kappa shape index (κ1) is 18.1. The van der Waals surface area contributed by atoms with Crippen molar-refractivity contribution in [3.8, 4) is 5.75 Å². The Kier molecular flexibility index (Phi) is 5.29. The van der Waals surface area contributed by atoms with Crippen LogP contribution in [0.4, 0.5) is 9.52 Å². The molecule has 0 bridgehead atoms. The molecule has 2 aromatic heterocycles. The number of hydrogen-bond donors (Lipinski definition) is 0. The molecule has 8 heteroatoms. The number of halogens is 1. The van der Waals surface area contributed by atoms with Gasteiger partial charge < -0.3 is 4.74 Å². The number of fused-ring (bicyclic) bond motifs is 1. The van der Waals surface area contributed by atoms with Crippen LogP contribution in [0.3, 0.4) is 0 Å². The maximum Gasteiger partial charge on any atom is 0.266 e. The van der Waals surface area contributed by atoms with Gasteiger partial charge in [0.25, 0.3) is 5.91 Å². The van der Waals surface area contributed by atoms with Gasteiger partial charge in [-0.3, -0.25) is 14.4 Å². The summed E-state index contributed by atoms with van der Waals surface area (Å²) in [6.07, 6.45) is 3.52. The first-order valence-electron chi connectivity index (χ1n) is 8.71. The number of carbonyl (C=O) groups excluding carboxylic acids is 1. The minimum Gasteiger partial charge on any atom is -0.484 e. The van der Waals surface area contributed by atoms with Gasteiger partial charge in [0.15, 0.2) is 11.7 Å². The highest BCUT2D eigenvalue weighted by molar-refractivity contribution is 7.22. The van der Waals surface area contributed by atoms with Crippen molar-refractivity contribution in [1.29, 1.82) is 0 Å². The van der Waals surface area contributed by atoms with Crippen molar-refractivity contribution < 1.29 is 13.9 Å². The van der Waals surface area contributed by atoms with E-state index in [2.05, 4.69) is 10.1 Å². The second-order valence-electron chi connectivity index (χ2n) is 6.02. The van der Waals surface area contributed by atoms with Gasteiger partial charge in [0.1, 0.15) is 11.6 Å². The molecule has 0 atom stereocenters. The Morgan fingerprint density at radius 3 is 2.82 bits per heavy atom. The van der Waals surface area contributed by atoms with E-state index < -0.39 is 0 Å². The SMILES string of the molecule is O=C(COc1ccccc1)N(CCn1cccn1)c1nc2ccc(F)cc2s1. The number of amides is 1. The molecule has 0 aliphatic rings. The van der Waals surface area contributed by atoms with Crippen molar-refractivity contribution in [1.82, 2.24) is 14.8 Å². The Labute approximate surface area is 164 Å². The van der Waals surface area contributed by atoms with E-state index in [1.54, 1.807) is 34.0 Å². The smallest absolute Gasteiger partial charge is 0.266 e. The van der Waals surface area contributed by atoms with E-state index >= 15 is 0 Å². The Morgan fingerprint density at radius 1 is 1.18 bits per heavy atom. The number of hydrogen-bond acceptors (Lipinski definition) is 5. The fourth-order valence-electron chi connectivity index (χ4n) is 2.70. The topological polar surface area (TPSA) is 60.2 Å². The predicted octanol–water partition coefficient (Wildman–Crippen LogP) is 3.74. The first-order valence-corrected chi connectivity index (χ1v) is 9.52. The van der Waals surface area contributed by atoms with Gasteiger partial charge in [-0.05, 0) is 36.4 Å². The summed E-state index contributed by atoms with van der Waals surface area (Å²) in [4.78, 5) is 18.9. The summed E-state index contributed by atoms with van der Waals surface area (Å²) in [7, 11) is 0. The molecule has 28 heavy (non-hydrogen) atoms. The average Bonchev–Trinajstić information content (AvgIpc) is 3.37. The Morgan fingerprint density at radius 2 is 2.04 bits per heavy atom. The van der Waals surface area contributed by atoms with Gasteiger partial charge in [0.05, 0.1) is 16.8 Å². The highest BCUT2D eigenvalue weighted by atomic mass is 32.1. The number of aromatic nitrogens is 3. The third-order valence-corrected chi connectivity index (χ3v) is 5.13. The summed E-state index contributed by atoms with van der Waals surface area (Å²) >= 11 is 1.28. The van der Waals surface area contributed by atoms with Crippen molar-refractivity contribution in [2.75, 3.05) is 18.1 Å². The molecule has 2 heterocycles. The molecule has 0 radical (unpaired) electrons. The number of ether oxygens (including phenoxy) is 1. The van der Waals surface area contributed by atoms with Crippen molar-refractivity contribution in [2.45, 2.75) is 6.54 Å². The third-order valence-electron chi connectivity index (χ3n) is 4.09. The highest BCUT2D eigenvalue weighted by Gasteiger charge is 2.20. The molecule has 0 unspecified atom stereocenters. The van der Waals surface area contributed by atoms with Gasteiger partial charge in [-0.1, -0.05) is 29.5 Å². The maximum atomic E-state index is 13.5. The predicted molar refractivity (Wildman–Crippen MR) is 106 cm³/mol. The second-order valence-corrected chi connectivity index (χ2v) is 7.03.